The van der Waals surface area contributed by atoms with Crippen molar-refractivity contribution in [2.45, 2.75) is 32.1 Å². The molecule has 1 aromatic heterocycles. The molecule has 0 amide bonds. The maximum Gasteiger partial charge on any atom is 0.338 e. The van der Waals surface area contributed by atoms with Crippen LogP contribution < -0.4 is 11.2 Å². The van der Waals surface area contributed by atoms with E-state index in [0.29, 0.717) is 29.0 Å². The molecule has 1 N–H and O–H groups in total. The first-order valence-electron chi connectivity index (χ1n) is 7.84. The Morgan fingerprint density at radius 2 is 2.04 bits per heavy atom. The molecule has 1 fully saturated rings. The van der Waals surface area contributed by atoms with Crippen LogP contribution in [-0.4, -0.2) is 28.2 Å². The van der Waals surface area contributed by atoms with Gasteiger partial charge < -0.3 is 9.47 Å². The Kier molecular flexibility index (Phi) is 5.06. The molecule has 1 aliphatic rings. The van der Waals surface area contributed by atoms with Crippen LogP contribution in [0.15, 0.2) is 40.1 Å². The predicted molar refractivity (Wildman–Crippen MR) is 90.9 cm³/mol. The predicted octanol–water partition coefficient (Wildman–Crippen LogP) is 2.03. The second kappa shape index (κ2) is 7.25. The van der Waals surface area contributed by atoms with E-state index in [-0.39, 0.29) is 12.7 Å². The lowest BCUT2D eigenvalue weighted by Gasteiger charge is -2.16. The molecule has 0 radical (unpaired) electrons. The summed E-state index contributed by atoms with van der Waals surface area (Å²) in [6.45, 7) is 1.71. The molecular formula is C17H17ClN2O5. The first kappa shape index (κ1) is 17.4. The van der Waals surface area contributed by atoms with Crippen LogP contribution in [0.5, 0.6) is 0 Å². The van der Waals surface area contributed by atoms with Crippen LogP contribution >= 0.6 is 11.6 Å². The summed E-state index contributed by atoms with van der Waals surface area (Å²) < 4.78 is 12.4. The molecule has 1 aromatic carbocycles. The minimum atomic E-state index is -0.514. The van der Waals surface area contributed by atoms with E-state index in [1.54, 1.807) is 31.2 Å². The third-order valence-electron chi connectivity index (χ3n) is 4.02. The quantitative estimate of drug-likeness (QED) is 0.838. The summed E-state index contributed by atoms with van der Waals surface area (Å²) >= 11 is 5.78. The number of benzene rings is 1. The highest BCUT2D eigenvalue weighted by Gasteiger charge is 2.28. The molecule has 1 aliphatic heterocycles. The monoisotopic (exact) mass is 364 g/mol. The van der Waals surface area contributed by atoms with Crippen LogP contribution in [0.2, 0.25) is 5.02 Å². The average molecular weight is 365 g/mol. The number of carbonyl (C=O) groups is 1. The summed E-state index contributed by atoms with van der Waals surface area (Å²) in [4.78, 5) is 37.6. The van der Waals surface area contributed by atoms with Crippen LogP contribution in [0.4, 0.5) is 0 Å². The lowest BCUT2D eigenvalue weighted by molar-refractivity contribution is -0.0340. The second-order valence-corrected chi connectivity index (χ2v) is 6.31. The number of nitrogens with one attached hydrogen (secondary N) is 1. The average Bonchev–Trinajstić information content (AvgIpc) is 3.05. The first-order valence-corrected chi connectivity index (χ1v) is 8.22. The number of aryl methyl sites for hydroxylation is 1. The molecule has 2 heterocycles. The van der Waals surface area contributed by atoms with Gasteiger partial charge in [0.15, 0.2) is 0 Å². The highest BCUT2D eigenvalue weighted by Crippen LogP contribution is 2.27. The third-order valence-corrected chi connectivity index (χ3v) is 4.27. The van der Waals surface area contributed by atoms with E-state index in [1.165, 1.54) is 10.8 Å². The molecule has 0 aliphatic carbocycles. The number of H-pyrrole nitrogens is 1. The number of aromatic amines is 1. The van der Waals surface area contributed by atoms with Gasteiger partial charge in [0.1, 0.15) is 12.8 Å². The van der Waals surface area contributed by atoms with Crippen molar-refractivity contribution in [3.63, 3.8) is 0 Å². The Hall–Kier alpha value is -2.38. The molecular weight excluding hydrogens is 348 g/mol. The van der Waals surface area contributed by atoms with E-state index in [0.717, 1.165) is 0 Å². The maximum absolute atomic E-state index is 12.0. The minimum Gasteiger partial charge on any atom is -0.459 e. The molecule has 132 valence electrons. The van der Waals surface area contributed by atoms with Crippen LogP contribution in [0.1, 0.15) is 35.0 Å². The Morgan fingerprint density at radius 3 is 2.76 bits per heavy atom. The first-order chi connectivity index (χ1) is 11.9. The van der Waals surface area contributed by atoms with Crippen molar-refractivity contribution in [3.05, 3.63) is 67.4 Å². The highest BCUT2D eigenvalue weighted by atomic mass is 35.5. The van der Waals surface area contributed by atoms with Gasteiger partial charge in [-0.1, -0.05) is 11.6 Å². The summed E-state index contributed by atoms with van der Waals surface area (Å²) in [5.41, 5.74) is -0.0839. The lowest BCUT2D eigenvalue weighted by Crippen LogP contribution is -2.33. The Morgan fingerprint density at radius 1 is 1.32 bits per heavy atom. The second-order valence-electron chi connectivity index (χ2n) is 5.87. The maximum atomic E-state index is 12.0. The topological polar surface area (TPSA) is 90.4 Å². The zero-order chi connectivity index (χ0) is 18.0. The molecule has 0 saturated carbocycles. The number of nitrogens with zero attached hydrogens (tertiary/aromatic N) is 1. The van der Waals surface area contributed by atoms with E-state index in [9.17, 15) is 14.4 Å². The largest absolute Gasteiger partial charge is 0.459 e. The molecule has 25 heavy (non-hydrogen) atoms. The summed E-state index contributed by atoms with van der Waals surface area (Å²) in [5, 5.41) is 0.542. The van der Waals surface area contributed by atoms with Crippen molar-refractivity contribution in [3.8, 4) is 0 Å². The van der Waals surface area contributed by atoms with Crippen LogP contribution in [0.25, 0.3) is 0 Å². The fourth-order valence-corrected chi connectivity index (χ4v) is 2.78. The molecule has 0 bridgehead atoms. The number of halogens is 1. The summed E-state index contributed by atoms with van der Waals surface area (Å²) in [5.74, 6) is -0.458. The standard InChI is InChI=1S/C17H17ClN2O5/c1-10-8-20(17(23)19-15(10)21)14-7-6-13(25-14)9-24-16(22)11-2-4-12(18)5-3-11/h2-5,8,13-14H,6-7,9H2,1H3,(H,19,21,23)/t13-,14+/m0/s1. The zero-order valence-corrected chi connectivity index (χ0v) is 14.3. The Balaban J connectivity index is 1.59. The van der Waals surface area contributed by atoms with Gasteiger partial charge in [-0.05, 0) is 44.0 Å². The summed E-state index contributed by atoms with van der Waals surface area (Å²) in [6, 6.07) is 6.41. The zero-order valence-electron chi connectivity index (χ0n) is 13.5. The fraction of sp³-hybridized carbons (Fsp3) is 0.353. The Bertz CT molecular complexity index is 887. The lowest BCUT2D eigenvalue weighted by atomic mass is 10.2. The number of aromatic nitrogens is 2. The molecule has 3 rings (SSSR count). The van der Waals surface area contributed by atoms with E-state index in [1.807, 2.05) is 0 Å². The van der Waals surface area contributed by atoms with E-state index in [2.05, 4.69) is 4.98 Å². The molecule has 2 aromatic rings. The van der Waals surface area contributed by atoms with Gasteiger partial charge in [-0.25, -0.2) is 9.59 Å². The number of rotatable bonds is 4. The molecule has 8 heteroatoms. The van der Waals surface area contributed by atoms with Crippen molar-refractivity contribution in [2.75, 3.05) is 6.61 Å². The van der Waals surface area contributed by atoms with Gasteiger partial charge in [0.25, 0.3) is 5.56 Å². The van der Waals surface area contributed by atoms with Crippen LogP contribution in [0.3, 0.4) is 0 Å². The van der Waals surface area contributed by atoms with Gasteiger partial charge in [0.05, 0.1) is 11.7 Å². The number of hydrogen-bond acceptors (Lipinski definition) is 5. The normalized spacial score (nSPS) is 19.8. The molecule has 2 atom stereocenters. The van der Waals surface area contributed by atoms with Crippen molar-refractivity contribution >= 4 is 17.6 Å². The van der Waals surface area contributed by atoms with Crippen molar-refractivity contribution in [1.82, 2.24) is 9.55 Å². The van der Waals surface area contributed by atoms with Gasteiger partial charge in [0.2, 0.25) is 0 Å². The highest BCUT2D eigenvalue weighted by molar-refractivity contribution is 6.30. The van der Waals surface area contributed by atoms with E-state index in [4.69, 9.17) is 21.1 Å². The number of esters is 1. The van der Waals surface area contributed by atoms with E-state index < -0.39 is 23.4 Å². The molecule has 0 spiro atoms. The van der Waals surface area contributed by atoms with Gasteiger partial charge in [-0.2, -0.15) is 0 Å². The molecule has 0 unspecified atom stereocenters. The third kappa shape index (κ3) is 4.00. The fourth-order valence-electron chi connectivity index (χ4n) is 2.65. The van der Waals surface area contributed by atoms with E-state index >= 15 is 0 Å². The molecule has 7 nitrogen and oxygen atoms in total. The minimum absolute atomic E-state index is 0.0923. The number of ether oxygens (including phenoxy) is 2. The van der Waals surface area contributed by atoms with Crippen LogP contribution in [0, 0.1) is 6.92 Å². The van der Waals surface area contributed by atoms with Crippen LogP contribution in [-0.2, 0) is 9.47 Å². The van der Waals surface area contributed by atoms with Gasteiger partial charge in [-0.15, -0.1) is 0 Å². The van der Waals surface area contributed by atoms with Gasteiger partial charge >= 0.3 is 11.7 Å². The smallest absolute Gasteiger partial charge is 0.338 e. The summed E-state index contributed by atoms with van der Waals surface area (Å²) in [6.07, 6.45) is 1.92. The van der Waals surface area contributed by atoms with Crippen molar-refractivity contribution < 1.29 is 14.3 Å². The SMILES string of the molecule is Cc1cn([C@H]2CC[C@@H](COC(=O)c3ccc(Cl)cc3)O2)c(=O)[nH]c1=O. The van der Waals surface area contributed by atoms with Crippen molar-refractivity contribution in [1.29, 1.82) is 0 Å². The van der Waals surface area contributed by atoms with Crippen molar-refractivity contribution in [2.24, 2.45) is 0 Å². The Labute approximate surface area is 148 Å². The number of carbonyl (C=O) groups excluding carboxylic acids is 1. The van der Waals surface area contributed by atoms with Gasteiger partial charge in [0, 0.05) is 16.8 Å². The number of hydrogen-bond donors (Lipinski definition) is 1. The summed E-state index contributed by atoms with van der Waals surface area (Å²) in [7, 11) is 0. The molecule has 1 saturated heterocycles. The van der Waals surface area contributed by atoms with Gasteiger partial charge in [-0.3, -0.25) is 14.3 Å².